The fraction of sp³-hybridized carbons (Fsp3) is 0.318. The number of nitrogens with one attached hydrogen (secondary N) is 1. The molecule has 1 fully saturated rings. The van der Waals surface area contributed by atoms with E-state index in [1.54, 1.807) is 13.2 Å². The van der Waals surface area contributed by atoms with Gasteiger partial charge in [-0.25, -0.2) is 0 Å². The van der Waals surface area contributed by atoms with Crippen LogP contribution in [0.15, 0.2) is 35.9 Å². The van der Waals surface area contributed by atoms with Gasteiger partial charge in [0.1, 0.15) is 0 Å². The number of carbonyl (C=O) groups is 2. The van der Waals surface area contributed by atoms with E-state index in [2.05, 4.69) is 16.3 Å². The molecule has 4 rings (SSSR count). The Morgan fingerprint density at radius 1 is 1.17 bits per heavy atom. The summed E-state index contributed by atoms with van der Waals surface area (Å²) in [6, 6.07) is 7.93. The van der Waals surface area contributed by atoms with Crippen LogP contribution in [0.3, 0.4) is 0 Å². The van der Waals surface area contributed by atoms with Gasteiger partial charge in [-0.1, -0.05) is 6.58 Å². The lowest BCUT2D eigenvalue weighted by molar-refractivity contribution is -0.118. The molecule has 1 aromatic heterocycles. The molecule has 0 saturated heterocycles. The summed E-state index contributed by atoms with van der Waals surface area (Å²) in [5, 5.41) is 0.675. The molecule has 1 aliphatic heterocycles. The van der Waals surface area contributed by atoms with Gasteiger partial charge in [0, 0.05) is 40.5 Å². The third kappa shape index (κ3) is 3.74. The maximum atomic E-state index is 12.9. The monoisotopic (exact) mass is 409 g/mol. The molecule has 6 nitrogen and oxygen atoms in total. The first-order chi connectivity index (χ1) is 13.9. The Morgan fingerprint density at radius 3 is 2.45 bits per heavy atom. The summed E-state index contributed by atoms with van der Waals surface area (Å²) in [6.07, 6.45) is 1.80. The van der Waals surface area contributed by atoms with Crippen LogP contribution < -0.4 is 14.4 Å². The number of ketones is 1. The lowest BCUT2D eigenvalue weighted by Gasteiger charge is -2.29. The summed E-state index contributed by atoms with van der Waals surface area (Å²) in [7, 11) is 1.61. The number of nitrogens with zero attached hydrogens (tertiary/aromatic N) is 2. The van der Waals surface area contributed by atoms with Crippen LogP contribution in [-0.2, 0) is 4.79 Å². The van der Waals surface area contributed by atoms with Crippen molar-refractivity contribution in [3.05, 3.63) is 52.8 Å². The van der Waals surface area contributed by atoms with Gasteiger partial charge in [-0.3, -0.25) is 19.3 Å². The average molecular weight is 410 g/mol. The summed E-state index contributed by atoms with van der Waals surface area (Å²) in [6.45, 7) is 8.07. The van der Waals surface area contributed by atoms with Crippen LogP contribution in [0.4, 0.5) is 5.69 Å². The van der Waals surface area contributed by atoms with Crippen molar-refractivity contribution in [3.8, 4) is 16.9 Å². The molecule has 1 N–H and O–H groups in total. The maximum absolute atomic E-state index is 12.9. The zero-order chi connectivity index (χ0) is 20.7. The lowest BCUT2D eigenvalue weighted by Crippen LogP contribution is -2.26. The van der Waals surface area contributed by atoms with Crippen LogP contribution in [0.2, 0.25) is 0 Å². The highest BCUT2D eigenvalue weighted by Gasteiger charge is 2.37. The molecule has 29 heavy (non-hydrogen) atoms. The number of aromatic nitrogens is 1. The number of rotatable bonds is 3. The Bertz CT molecular complexity index is 1010. The standard InChI is InChI=1S/C22H23N3O3S/c1-12-9-15(10-13(2)23-12)17-7-8-18-19(26)11-20(27)24-29-14(3)25(16-5-6-16)21(18)22(17)28-4/h7-10,16H,3,5-6,11H2,1-2,4H3,(H,24,27). The molecule has 1 amide bonds. The van der Waals surface area contributed by atoms with E-state index in [0.717, 1.165) is 47.3 Å². The number of ether oxygens (including phenoxy) is 1. The maximum Gasteiger partial charge on any atom is 0.237 e. The first kappa shape index (κ1) is 19.5. The van der Waals surface area contributed by atoms with Gasteiger partial charge in [-0.2, -0.15) is 0 Å². The minimum absolute atomic E-state index is 0.207. The quantitative estimate of drug-likeness (QED) is 0.606. The van der Waals surface area contributed by atoms with Gasteiger partial charge in [0.05, 0.1) is 24.2 Å². The van der Waals surface area contributed by atoms with E-state index in [1.807, 2.05) is 36.9 Å². The first-order valence-electron chi connectivity index (χ1n) is 9.52. The van der Waals surface area contributed by atoms with Gasteiger partial charge in [-0.05, 0) is 56.5 Å². The van der Waals surface area contributed by atoms with Crippen molar-refractivity contribution in [2.45, 2.75) is 39.2 Å². The summed E-state index contributed by atoms with van der Waals surface area (Å²) in [5.41, 5.74) is 4.86. The fourth-order valence-corrected chi connectivity index (χ4v) is 4.39. The molecule has 2 aromatic rings. The van der Waals surface area contributed by atoms with E-state index < -0.39 is 0 Å². The summed E-state index contributed by atoms with van der Waals surface area (Å²) >= 11 is 1.16. The summed E-state index contributed by atoms with van der Waals surface area (Å²) < 4.78 is 8.59. The van der Waals surface area contributed by atoms with Gasteiger partial charge >= 0.3 is 0 Å². The van der Waals surface area contributed by atoms with Crippen LogP contribution in [-0.4, -0.2) is 29.8 Å². The minimum atomic E-state index is -0.326. The third-order valence-electron chi connectivity index (χ3n) is 5.05. The second kappa shape index (κ2) is 7.55. The molecule has 1 aromatic carbocycles. The van der Waals surface area contributed by atoms with Crippen molar-refractivity contribution in [1.29, 1.82) is 0 Å². The number of pyridine rings is 1. The minimum Gasteiger partial charge on any atom is -0.494 e. The Hall–Kier alpha value is -2.80. The molecular weight excluding hydrogens is 386 g/mol. The van der Waals surface area contributed by atoms with Gasteiger partial charge in [-0.15, -0.1) is 0 Å². The Labute approximate surface area is 174 Å². The molecule has 1 saturated carbocycles. The third-order valence-corrected chi connectivity index (χ3v) is 5.82. The highest BCUT2D eigenvalue weighted by molar-refractivity contribution is 8.01. The zero-order valence-electron chi connectivity index (χ0n) is 16.7. The van der Waals surface area contributed by atoms with Crippen LogP contribution >= 0.6 is 11.9 Å². The summed E-state index contributed by atoms with van der Waals surface area (Å²) in [4.78, 5) is 31.6. The number of anilines is 1. The summed E-state index contributed by atoms with van der Waals surface area (Å²) in [5.74, 6) is 0.0578. The normalized spacial score (nSPS) is 17.2. The van der Waals surface area contributed by atoms with E-state index in [0.29, 0.717) is 22.0 Å². The van der Waals surface area contributed by atoms with Crippen molar-refractivity contribution >= 4 is 29.3 Å². The van der Waals surface area contributed by atoms with E-state index in [-0.39, 0.29) is 24.2 Å². The van der Waals surface area contributed by atoms with E-state index in [4.69, 9.17) is 4.74 Å². The van der Waals surface area contributed by atoms with E-state index >= 15 is 0 Å². The molecule has 0 atom stereocenters. The topological polar surface area (TPSA) is 71.5 Å². The van der Waals surface area contributed by atoms with E-state index in [1.165, 1.54) is 0 Å². The number of carbonyl (C=O) groups excluding carboxylic acids is 2. The SMILES string of the molecule is C=C1SNC(=O)CC(=O)c2ccc(-c3cc(C)nc(C)c3)c(OC)c2N1C1CC1. The highest BCUT2D eigenvalue weighted by atomic mass is 32.2. The molecule has 150 valence electrons. The predicted octanol–water partition coefficient (Wildman–Crippen LogP) is 4.16. The van der Waals surface area contributed by atoms with Crippen molar-refractivity contribution in [3.63, 3.8) is 0 Å². The fourth-order valence-electron chi connectivity index (χ4n) is 3.75. The average Bonchev–Trinajstić information content (AvgIpc) is 3.49. The van der Waals surface area contributed by atoms with Crippen LogP contribution in [0.25, 0.3) is 11.1 Å². The Kier molecular flexibility index (Phi) is 5.08. The number of Topliss-reactive ketones (excluding diaryl/α,β-unsaturated/α-hetero) is 1. The second-order valence-electron chi connectivity index (χ2n) is 7.40. The zero-order valence-corrected chi connectivity index (χ0v) is 17.6. The number of benzene rings is 1. The first-order valence-corrected chi connectivity index (χ1v) is 10.3. The number of amides is 1. The molecule has 1 aliphatic carbocycles. The number of hydrogen-bond donors (Lipinski definition) is 1. The van der Waals surface area contributed by atoms with Crippen LogP contribution in [0.5, 0.6) is 5.75 Å². The number of methoxy groups -OCH3 is 1. The van der Waals surface area contributed by atoms with Gasteiger partial charge in [0.25, 0.3) is 0 Å². The number of fused-ring (bicyclic) bond motifs is 1. The Morgan fingerprint density at radius 2 is 1.83 bits per heavy atom. The lowest BCUT2D eigenvalue weighted by atomic mass is 9.96. The van der Waals surface area contributed by atoms with Crippen molar-refractivity contribution in [1.82, 2.24) is 9.71 Å². The largest absolute Gasteiger partial charge is 0.494 e. The molecule has 0 unspecified atom stereocenters. The predicted molar refractivity (Wildman–Crippen MR) is 115 cm³/mol. The van der Waals surface area contributed by atoms with E-state index in [9.17, 15) is 9.59 Å². The van der Waals surface area contributed by atoms with Crippen LogP contribution in [0, 0.1) is 13.8 Å². The molecule has 0 bridgehead atoms. The van der Waals surface area contributed by atoms with Gasteiger partial charge in [0.2, 0.25) is 5.91 Å². The van der Waals surface area contributed by atoms with Crippen molar-refractivity contribution in [2.24, 2.45) is 0 Å². The molecule has 2 heterocycles. The van der Waals surface area contributed by atoms with Crippen LogP contribution in [0.1, 0.15) is 41.0 Å². The smallest absolute Gasteiger partial charge is 0.237 e. The van der Waals surface area contributed by atoms with Gasteiger partial charge < -0.3 is 9.64 Å². The molecule has 0 spiro atoms. The number of hydrogen-bond acceptors (Lipinski definition) is 6. The molecule has 7 heteroatoms. The van der Waals surface area contributed by atoms with Crippen molar-refractivity contribution < 1.29 is 14.3 Å². The second-order valence-corrected chi connectivity index (χ2v) is 8.28. The molecular formula is C22H23N3O3S. The molecule has 0 radical (unpaired) electrons. The Balaban J connectivity index is 1.98. The van der Waals surface area contributed by atoms with Crippen molar-refractivity contribution in [2.75, 3.05) is 12.0 Å². The van der Waals surface area contributed by atoms with Gasteiger partial charge in [0.15, 0.2) is 11.5 Å². The molecule has 2 aliphatic rings. The number of aryl methyl sites for hydroxylation is 2. The highest BCUT2D eigenvalue weighted by Crippen LogP contribution is 2.48.